The monoisotopic (exact) mass is 540 g/mol. The molecule has 0 aromatic rings. The second kappa shape index (κ2) is 23.1. The normalized spacial score (nSPS) is 14.7. The zero-order valence-electron chi connectivity index (χ0n) is 22.2. The summed E-state index contributed by atoms with van der Waals surface area (Å²) in [5, 5.41) is 17.9. The Kier molecular flexibility index (Phi) is 22.5. The molecule has 3 N–H and O–H groups in total. The zero-order chi connectivity index (χ0) is 27.1. The van der Waals surface area contributed by atoms with E-state index in [1.165, 1.54) is 64.2 Å². The quantitative estimate of drug-likeness (QED) is 0.0836. The fraction of sp³-hybridized carbons (Fsp3) is 0.920. The van der Waals surface area contributed by atoms with Crippen LogP contribution in [0.1, 0.15) is 110 Å². The molecule has 0 aromatic heterocycles. The minimum Gasteiger partial charge on any atom is -0.462 e. The van der Waals surface area contributed by atoms with Crippen molar-refractivity contribution in [3.63, 3.8) is 0 Å². The molecule has 36 heavy (non-hydrogen) atoms. The number of phosphoric acid groups is 1. The molecular formula is C25H49O10P. The van der Waals surface area contributed by atoms with Gasteiger partial charge in [-0.3, -0.25) is 18.6 Å². The van der Waals surface area contributed by atoms with Crippen molar-refractivity contribution >= 4 is 19.8 Å². The Morgan fingerprint density at radius 3 is 1.72 bits per heavy atom. The minimum atomic E-state index is -4.55. The first-order valence-electron chi connectivity index (χ1n) is 13.4. The number of phosphoric ester groups is 1. The highest BCUT2D eigenvalue weighted by Gasteiger charge is 2.26. The van der Waals surface area contributed by atoms with Crippen LogP contribution < -0.4 is 0 Å². The predicted molar refractivity (Wildman–Crippen MR) is 136 cm³/mol. The molecule has 0 aliphatic heterocycles. The van der Waals surface area contributed by atoms with Gasteiger partial charge >= 0.3 is 19.8 Å². The molecule has 0 aliphatic carbocycles. The summed E-state index contributed by atoms with van der Waals surface area (Å²) in [6.07, 6.45) is 14.9. The third-order valence-corrected chi connectivity index (χ3v) is 6.51. The number of aliphatic hydroxyl groups excluding tert-OH is 2. The van der Waals surface area contributed by atoms with Gasteiger partial charge in [0.15, 0.2) is 6.10 Å². The SMILES string of the molecule is CCCCCCCCCCCCCCCCC(=O)OC[C@H](COP(=O)(O)OC[C@@H](O)CO)OC(C)=O. The Bertz CT molecular complexity index is 601. The van der Waals surface area contributed by atoms with Gasteiger partial charge in [0.1, 0.15) is 12.7 Å². The molecule has 0 radical (unpaired) electrons. The zero-order valence-corrected chi connectivity index (χ0v) is 23.1. The summed E-state index contributed by atoms with van der Waals surface area (Å²) in [4.78, 5) is 32.8. The van der Waals surface area contributed by atoms with E-state index in [9.17, 15) is 24.2 Å². The van der Waals surface area contributed by atoms with Gasteiger partial charge in [-0.25, -0.2) is 4.57 Å². The van der Waals surface area contributed by atoms with Crippen LogP contribution in [0.4, 0.5) is 0 Å². The van der Waals surface area contributed by atoms with E-state index >= 15 is 0 Å². The van der Waals surface area contributed by atoms with E-state index in [-0.39, 0.29) is 13.0 Å². The van der Waals surface area contributed by atoms with Gasteiger partial charge in [0, 0.05) is 13.3 Å². The van der Waals surface area contributed by atoms with Crippen LogP contribution in [-0.4, -0.2) is 65.7 Å². The number of ether oxygens (including phenoxy) is 2. The van der Waals surface area contributed by atoms with Crippen molar-refractivity contribution < 1.29 is 47.8 Å². The van der Waals surface area contributed by atoms with Crippen molar-refractivity contribution in [1.29, 1.82) is 0 Å². The van der Waals surface area contributed by atoms with Crippen LogP contribution in [0.2, 0.25) is 0 Å². The molecule has 10 nitrogen and oxygen atoms in total. The highest BCUT2D eigenvalue weighted by molar-refractivity contribution is 7.47. The second-order valence-corrected chi connectivity index (χ2v) is 10.6. The molecule has 3 atom stereocenters. The van der Waals surface area contributed by atoms with Crippen LogP contribution in [0.3, 0.4) is 0 Å². The maximum Gasteiger partial charge on any atom is 0.472 e. The minimum absolute atomic E-state index is 0.242. The number of carbonyl (C=O) groups excluding carboxylic acids is 2. The lowest BCUT2D eigenvalue weighted by Crippen LogP contribution is -2.29. The number of esters is 2. The number of hydrogen-bond acceptors (Lipinski definition) is 9. The highest BCUT2D eigenvalue weighted by Crippen LogP contribution is 2.43. The van der Waals surface area contributed by atoms with Crippen molar-refractivity contribution in [3.05, 3.63) is 0 Å². The van der Waals surface area contributed by atoms with E-state index < -0.39 is 51.8 Å². The van der Waals surface area contributed by atoms with Gasteiger partial charge in [-0.05, 0) is 6.42 Å². The lowest BCUT2D eigenvalue weighted by atomic mass is 10.0. The van der Waals surface area contributed by atoms with E-state index in [4.69, 9.17) is 19.1 Å². The van der Waals surface area contributed by atoms with Crippen LogP contribution in [0, 0.1) is 0 Å². The van der Waals surface area contributed by atoms with Gasteiger partial charge < -0.3 is 24.6 Å². The lowest BCUT2D eigenvalue weighted by Gasteiger charge is -2.19. The number of aliphatic hydroxyl groups is 2. The topological polar surface area (TPSA) is 149 Å². The maximum absolute atomic E-state index is 12.0. The van der Waals surface area contributed by atoms with Crippen molar-refractivity contribution in [2.24, 2.45) is 0 Å². The Hall–Kier alpha value is -1.03. The van der Waals surface area contributed by atoms with Gasteiger partial charge in [0.25, 0.3) is 0 Å². The molecule has 0 rings (SSSR count). The fourth-order valence-electron chi connectivity index (χ4n) is 3.52. The number of hydrogen-bond donors (Lipinski definition) is 3. The van der Waals surface area contributed by atoms with E-state index in [1.807, 2.05) is 0 Å². The standard InChI is InChI=1S/C25H49O10P/c1-3-4-5-6-7-8-9-10-11-12-13-14-15-16-17-25(29)32-20-24(35-22(2)27)21-34-36(30,31)33-19-23(28)18-26/h23-24,26,28H,3-21H2,1-2H3,(H,30,31)/t23-,24+/m0/s1. The molecule has 11 heteroatoms. The first-order valence-corrected chi connectivity index (χ1v) is 14.9. The van der Waals surface area contributed by atoms with Crippen LogP contribution in [0.25, 0.3) is 0 Å². The van der Waals surface area contributed by atoms with Gasteiger partial charge in [0.2, 0.25) is 0 Å². The summed E-state index contributed by atoms with van der Waals surface area (Å²) in [5.74, 6) is -1.11. The van der Waals surface area contributed by atoms with E-state index in [0.717, 1.165) is 26.2 Å². The molecule has 0 fully saturated rings. The van der Waals surface area contributed by atoms with Crippen molar-refractivity contribution in [2.75, 3.05) is 26.4 Å². The Morgan fingerprint density at radius 1 is 0.778 bits per heavy atom. The Balaban J connectivity index is 3.88. The average Bonchev–Trinajstić information content (AvgIpc) is 2.84. The maximum atomic E-state index is 12.0. The van der Waals surface area contributed by atoms with Crippen LogP contribution >= 0.6 is 7.82 Å². The van der Waals surface area contributed by atoms with Crippen LogP contribution in [-0.2, 0) is 32.7 Å². The molecular weight excluding hydrogens is 491 g/mol. The number of rotatable bonds is 25. The average molecular weight is 541 g/mol. The largest absolute Gasteiger partial charge is 0.472 e. The molecule has 214 valence electrons. The smallest absolute Gasteiger partial charge is 0.462 e. The van der Waals surface area contributed by atoms with Crippen molar-refractivity contribution in [1.82, 2.24) is 0 Å². The van der Waals surface area contributed by atoms with E-state index in [1.54, 1.807) is 0 Å². The van der Waals surface area contributed by atoms with Crippen molar-refractivity contribution in [2.45, 2.75) is 122 Å². The highest BCUT2D eigenvalue weighted by atomic mass is 31.2. The molecule has 0 saturated heterocycles. The van der Waals surface area contributed by atoms with Gasteiger partial charge in [0.05, 0.1) is 19.8 Å². The predicted octanol–water partition coefficient (Wildman–Crippen LogP) is 4.82. The Labute approximate surface area is 216 Å². The first-order chi connectivity index (χ1) is 17.2. The van der Waals surface area contributed by atoms with E-state index in [0.29, 0.717) is 6.42 Å². The summed E-state index contributed by atoms with van der Waals surface area (Å²) in [6, 6.07) is 0. The van der Waals surface area contributed by atoms with Gasteiger partial charge in [-0.15, -0.1) is 0 Å². The fourth-order valence-corrected chi connectivity index (χ4v) is 4.31. The van der Waals surface area contributed by atoms with Crippen LogP contribution in [0.5, 0.6) is 0 Å². The molecule has 0 spiro atoms. The molecule has 0 bridgehead atoms. The molecule has 0 amide bonds. The van der Waals surface area contributed by atoms with Crippen LogP contribution in [0.15, 0.2) is 0 Å². The second-order valence-electron chi connectivity index (χ2n) is 9.16. The molecule has 0 heterocycles. The Morgan fingerprint density at radius 2 is 1.25 bits per heavy atom. The molecule has 1 unspecified atom stereocenters. The third kappa shape index (κ3) is 23.4. The number of unbranched alkanes of at least 4 members (excludes halogenated alkanes) is 13. The summed E-state index contributed by atoms with van der Waals surface area (Å²) in [5.41, 5.74) is 0. The first kappa shape index (κ1) is 35.0. The van der Waals surface area contributed by atoms with Crippen molar-refractivity contribution in [3.8, 4) is 0 Å². The summed E-state index contributed by atoms with van der Waals surface area (Å²) >= 11 is 0. The molecule has 0 aliphatic rings. The van der Waals surface area contributed by atoms with Gasteiger partial charge in [-0.2, -0.15) is 0 Å². The third-order valence-electron chi connectivity index (χ3n) is 5.56. The number of carbonyl (C=O) groups is 2. The summed E-state index contributed by atoms with van der Waals surface area (Å²) < 4.78 is 31.1. The van der Waals surface area contributed by atoms with E-state index in [2.05, 4.69) is 11.4 Å². The summed E-state index contributed by atoms with van der Waals surface area (Å²) in [6.45, 7) is 1.26. The lowest BCUT2D eigenvalue weighted by molar-refractivity contribution is -0.159. The molecule has 0 saturated carbocycles. The summed E-state index contributed by atoms with van der Waals surface area (Å²) in [7, 11) is -4.55. The van der Waals surface area contributed by atoms with Gasteiger partial charge in [-0.1, -0.05) is 90.4 Å². The molecule has 0 aromatic carbocycles.